The number of hydrogen-bond donors (Lipinski definition) is 2. The summed E-state index contributed by atoms with van der Waals surface area (Å²) in [6.07, 6.45) is 6.89. The van der Waals surface area contributed by atoms with E-state index in [1.54, 1.807) is 0 Å². The van der Waals surface area contributed by atoms with Crippen LogP contribution in [-0.2, 0) is 10.0 Å². The Morgan fingerprint density at radius 1 is 1.35 bits per heavy atom. The third-order valence-electron chi connectivity index (χ3n) is 3.81. The average molecular weight is 301 g/mol. The highest BCUT2D eigenvalue weighted by atomic mass is 32.2. The van der Waals surface area contributed by atoms with Crippen LogP contribution in [0.2, 0.25) is 0 Å². The van der Waals surface area contributed by atoms with Crippen molar-refractivity contribution < 1.29 is 18.3 Å². The quantitative estimate of drug-likeness (QED) is 0.819. The van der Waals surface area contributed by atoms with Crippen molar-refractivity contribution >= 4 is 16.0 Å². The lowest BCUT2D eigenvalue weighted by atomic mass is 10.1. The molecule has 1 heterocycles. The minimum Gasteiger partial charge on any atom is -0.478 e. The number of rotatable bonds is 4. The molecule has 0 aliphatic heterocycles. The molecule has 0 bridgehead atoms. The summed E-state index contributed by atoms with van der Waals surface area (Å²) in [5, 5.41) is 14.5. The first kappa shape index (κ1) is 15.0. The number of aromatic nitrogens is 2. The number of nitrogens with zero attached hydrogens (tertiary/aromatic N) is 2. The number of carboxylic acids is 1. The molecule has 1 saturated carbocycles. The van der Waals surface area contributed by atoms with E-state index in [2.05, 4.69) is 10.2 Å². The topological polar surface area (TPSA) is 103 Å². The van der Waals surface area contributed by atoms with Crippen molar-refractivity contribution in [2.45, 2.75) is 49.6 Å². The van der Waals surface area contributed by atoms with E-state index in [0.29, 0.717) is 0 Å². The maximum Gasteiger partial charge on any atom is 0.340 e. The summed E-state index contributed by atoms with van der Waals surface area (Å²) in [5.41, 5.74) is -0.314. The van der Waals surface area contributed by atoms with Gasteiger partial charge in [0.15, 0.2) is 5.03 Å². The Labute approximate surface area is 118 Å². The van der Waals surface area contributed by atoms with Crippen molar-refractivity contribution in [3.05, 3.63) is 11.8 Å². The number of sulfonamides is 1. The van der Waals surface area contributed by atoms with Crippen molar-refractivity contribution in [2.24, 2.45) is 0 Å². The summed E-state index contributed by atoms with van der Waals surface area (Å²) in [7, 11) is -2.34. The zero-order valence-electron chi connectivity index (χ0n) is 11.4. The molecule has 0 unspecified atom stereocenters. The molecule has 0 aromatic carbocycles. The Bertz CT molecular complexity index is 573. The van der Waals surface area contributed by atoms with Crippen LogP contribution in [0.4, 0.5) is 0 Å². The predicted octanol–water partition coefficient (Wildman–Crippen LogP) is 1.45. The number of carbonyl (C=O) groups is 1. The van der Waals surface area contributed by atoms with E-state index in [4.69, 9.17) is 5.11 Å². The van der Waals surface area contributed by atoms with Gasteiger partial charge in [-0.25, -0.2) is 13.2 Å². The molecular weight excluding hydrogens is 282 g/mol. The lowest BCUT2D eigenvalue weighted by Crippen LogP contribution is -2.37. The highest BCUT2D eigenvalue weighted by molar-refractivity contribution is 7.89. The number of aromatic amines is 1. The van der Waals surface area contributed by atoms with Crippen molar-refractivity contribution in [3.8, 4) is 0 Å². The summed E-state index contributed by atoms with van der Waals surface area (Å²) in [4.78, 5) is 11.0. The van der Waals surface area contributed by atoms with Gasteiger partial charge in [0.05, 0.1) is 6.20 Å². The standard InChI is InChI=1S/C12H19N3O4S/c1-15(9-6-4-2-3-5-7-9)20(18,19)11-10(12(16)17)8-13-14-11/h8-9H,2-7H2,1H3,(H,13,14)(H,16,17). The number of nitrogens with one attached hydrogen (secondary N) is 1. The first-order chi connectivity index (χ1) is 9.44. The molecule has 0 saturated heterocycles. The van der Waals surface area contributed by atoms with Crippen LogP contribution in [0, 0.1) is 0 Å². The van der Waals surface area contributed by atoms with Gasteiger partial charge in [-0.05, 0) is 12.8 Å². The molecule has 1 aromatic heterocycles. The third kappa shape index (κ3) is 2.85. The molecule has 2 rings (SSSR count). The van der Waals surface area contributed by atoms with Gasteiger partial charge in [-0.3, -0.25) is 5.10 Å². The van der Waals surface area contributed by atoms with E-state index in [1.165, 1.54) is 11.4 Å². The van der Waals surface area contributed by atoms with E-state index in [9.17, 15) is 13.2 Å². The SMILES string of the molecule is CN(C1CCCCCC1)S(=O)(=O)c1[nH]ncc1C(=O)O. The zero-order chi connectivity index (χ0) is 14.8. The minimum atomic E-state index is -3.85. The summed E-state index contributed by atoms with van der Waals surface area (Å²) in [6.45, 7) is 0. The fourth-order valence-electron chi connectivity index (χ4n) is 2.58. The molecule has 1 fully saturated rings. The van der Waals surface area contributed by atoms with Gasteiger partial charge >= 0.3 is 5.97 Å². The molecule has 1 aromatic rings. The smallest absolute Gasteiger partial charge is 0.340 e. The van der Waals surface area contributed by atoms with Crippen molar-refractivity contribution in [1.29, 1.82) is 0 Å². The largest absolute Gasteiger partial charge is 0.478 e. The van der Waals surface area contributed by atoms with Gasteiger partial charge in [0.2, 0.25) is 0 Å². The molecule has 1 aliphatic carbocycles. The van der Waals surface area contributed by atoms with E-state index in [1.807, 2.05) is 0 Å². The maximum absolute atomic E-state index is 12.5. The van der Waals surface area contributed by atoms with Crippen LogP contribution in [0.1, 0.15) is 48.9 Å². The first-order valence-corrected chi connectivity index (χ1v) is 8.13. The predicted molar refractivity (Wildman–Crippen MR) is 72.0 cm³/mol. The van der Waals surface area contributed by atoms with E-state index >= 15 is 0 Å². The van der Waals surface area contributed by atoms with Crippen LogP contribution < -0.4 is 0 Å². The molecule has 0 spiro atoms. The lowest BCUT2D eigenvalue weighted by Gasteiger charge is -2.25. The van der Waals surface area contributed by atoms with Gasteiger partial charge in [-0.2, -0.15) is 9.40 Å². The number of carboxylic acid groups (broad SMARTS) is 1. The Kier molecular flexibility index (Phi) is 4.44. The minimum absolute atomic E-state index is 0.0764. The van der Waals surface area contributed by atoms with Gasteiger partial charge in [0.25, 0.3) is 10.0 Å². The number of H-pyrrole nitrogens is 1. The number of aromatic carboxylic acids is 1. The van der Waals surface area contributed by atoms with Crippen LogP contribution in [0.15, 0.2) is 11.2 Å². The van der Waals surface area contributed by atoms with Gasteiger partial charge in [-0.1, -0.05) is 25.7 Å². The fourth-order valence-corrected chi connectivity index (χ4v) is 4.06. The van der Waals surface area contributed by atoms with Crippen LogP contribution >= 0.6 is 0 Å². The molecule has 0 radical (unpaired) electrons. The van der Waals surface area contributed by atoms with Crippen molar-refractivity contribution in [2.75, 3.05) is 7.05 Å². The Balaban J connectivity index is 2.28. The molecule has 1 aliphatic rings. The van der Waals surface area contributed by atoms with Crippen LogP contribution in [-0.4, -0.2) is 47.1 Å². The molecule has 7 nitrogen and oxygen atoms in total. The third-order valence-corrected chi connectivity index (χ3v) is 5.69. The Morgan fingerprint density at radius 2 is 1.95 bits per heavy atom. The van der Waals surface area contributed by atoms with Crippen LogP contribution in [0.5, 0.6) is 0 Å². The second-order valence-electron chi connectivity index (χ2n) is 5.08. The molecule has 112 valence electrons. The fraction of sp³-hybridized carbons (Fsp3) is 0.667. The molecule has 0 atom stereocenters. The van der Waals surface area contributed by atoms with E-state index in [-0.39, 0.29) is 16.6 Å². The van der Waals surface area contributed by atoms with E-state index in [0.717, 1.165) is 44.7 Å². The highest BCUT2D eigenvalue weighted by Gasteiger charge is 2.33. The maximum atomic E-state index is 12.5. The zero-order valence-corrected chi connectivity index (χ0v) is 12.2. The summed E-state index contributed by atoms with van der Waals surface area (Å²) >= 11 is 0. The second kappa shape index (κ2) is 5.92. The van der Waals surface area contributed by atoms with Gasteiger partial charge in [-0.15, -0.1) is 0 Å². The molecule has 20 heavy (non-hydrogen) atoms. The Hall–Kier alpha value is -1.41. The molecule has 8 heteroatoms. The van der Waals surface area contributed by atoms with Crippen LogP contribution in [0.3, 0.4) is 0 Å². The van der Waals surface area contributed by atoms with Crippen molar-refractivity contribution in [3.63, 3.8) is 0 Å². The normalized spacial score (nSPS) is 18.1. The van der Waals surface area contributed by atoms with Crippen LogP contribution in [0.25, 0.3) is 0 Å². The summed E-state index contributed by atoms with van der Waals surface area (Å²) in [6, 6.07) is -0.0764. The van der Waals surface area contributed by atoms with Crippen molar-refractivity contribution in [1.82, 2.24) is 14.5 Å². The highest BCUT2D eigenvalue weighted by Crippen LogP contribution is 2.26. The Morgan fingerprint density at radius 3 is 2.50 bits per heavy atom. The monoisotopic (exact) mass is 301 g/mol. The van der Waals surface area contributed by atoms with E-state index < -0.39 is 16.0 Å². The first-order valence-electron chi connectivity index (χ1n) is 6.69. The number of hydrogen-bond acceptors (Lipinski definition) is 4. The second-order valence-corrected chi connectivity index (χ2v) is 7.02. The molecule has 2 N–H and O–H groups in total. The van der Waals surface area contributed by atoms with Gasteiger partial charge in [0, 0.05) is 13.1 Å². The van der Waals surface area contributed by atoms with Gasteiger partial charge in [0.1, 0.15) is 5.56 Å². The van der Waals surface area contributed by atoms with Gasteiger partial charge < -0.3 is 5.11 Å². The molecular formula is C12H19N3O4S. The average Bonchev–Trinajstić information content (AvgIpc) is 2.75. The molecule has 0 amide bonds. The summed E-state index contributed by atoms with van der Waals surface area (Å²) < 4.78 is 26.3. The summed E-state index contributed by atoms with van der Waals surface area (Å²) in [5.74, 6) is -1.30. The lowest BCUT2D eigenvalue weighted by molar-refractivity contribution is 0.0692.